The second kappa shape index (κ2) is 8.03. The lowest BCUT2D eigenvalue weighted by Gasteiger charge is -2.29. The van der Waals surface area contributed by atoms with Crippen LogP contribution in [0.3, 0.4) is 0 Å². The van der Waals surface area contributed by atoms with E-state index in [4.69, 9.17) is 21.0 Å². The maximum atomic E-state index is 15.7. The molecule has 0 bridgehead atoms. The molecule has 0 amide bonds. The first-order valence-corrected chi connectivity index (χ1v) is 10.5. The van der Waals surface area contributed by atoms with Crippen molar-refractivity contribution >= 4 is 14.1 Å². The fourth-order valence-electron chi connectivity index (χ4n) is 3.18. The predicted octanol–water partition coefficient (Wildman–Crippen LogP) is 0.308. The molecule has 3 heterocycles. The van der Waals surface area contributed by atoms with E-state index in [-0.39, 0.29) is 18.6 Å². The number of fused-ring (bicyclic) bond motifs is 1. The molecule has 1 unspecified atom stereocenters. The van der Waals surface area contributed by atoms with Gasteiger partial charge in [0.15, 0.2) is 12.5 Å². The minimum atomic E-state index is -4.81. The standard InChI is InChI=1S/C18H18FN2O10P/c1-9-3-2-4-10-7-28-32(27,31-13(9)10)29-8-18(19)14(24)12(23)16(30-18)21-5-11(6-22)15(25)20-17(21)26/h2-6,12,14,16,23-24H,7-8H2,1H3,(H,20,25,26)/t12-,14+,16-,18-,32?/m1/s1/i8D2. The average molecular weight is 474 g/mol. The van der Waals surface area contributed by atoms with Crippen LogP contribution in [0.15, 0.2) is 34.0 Å². The number of aryl methyl sites for hydroxylation is 1. The zero-order chi connectivity index (χ0) is 25.1. The largest absolute Gasteiger partial charge is 0.530 e. The van der Waals surface area contributed by atoms with E-state index in [0.29, 0.717) is 21.9 Å². The number of carbonyl (C=O) groups is 1. The van der Waals surface area contributed by atoms with Crippen molar-refractivity contribution in [2.45, 2.75) is 37.8 Å². The molecule has 2 aromatic rings. The molecule has 5 atom stereocenters. The smallest absolute Gasteiger partial charge is 0.403 e. The number of ether oxygens (including phenoxy) is 1. The molecule has 1 aromatic heterocycles. The number of phosphoric acid groups is 1. The number of carbonyl (C=O) groups excluding carboxylic acids is 1. The lowest BCUT2D eigenvalue weighted by Crippen LogP contribution is -2.43. The molecule has 1 aromatic carbocycles. The van der Waals surface area contributed by atoms with Crippen LogP contribution in [-0.4, -0.2) is 50.7 Å². The molecule has 0 aliphatic carbocycles. The molecular formula is C18H18FN2O10P. The maximum Gasteiger partial charge on any atom is 0.530 e. The van der Waals surface area contributed by atoms with Gasteiger partial charge in [0.2, 0.25) is 0 Å². The van der Waals surface area contributed by atoms with Gasteiger partial charge in [-0.3, -0.25) is 28.2 Å². The zero-order valence-corrected chi connectivity index (χ0v) is 17.2. The molecule has 12 nitrogen and oxygen atoms in total. The van der Waals surface area contributed by atoms with Crippen molar-refractivity contribution in [2.24, 2.45) is 0 Å². The Bertz CT molecular complexity index is 1320. The molecule has 14 heteroatoms. The number of para-hydroxylation sites is 1. The van der Waals surface area contributed by atoms with E-state index in [1.165, 1.54) is 0 Å². The molecule has 0 spiro atoms. The lowest BCUT2D eigenvalue weighted by atomic mass is 10.1. The Labute approximate surface area is 181 Å². The number of phosphoric ester groups is 1. The normalized spacial score (nSPS) is 33.1. The van der Waals surface area contributed by atoms with Crippen molar-refractivity contribution in [1.29, 1.82) is 0 Å². The first-order valence-electron chi connectivity index (χ1n) is 10.1. The Morgan fingerprint density at radius 2 is 2.22 bits per heavy atom. The van der Waals surface area contributed by atoms with Gasteiger partial charge >= 0.3 is 13.5 Å². The second-order valence-electron chi connectivity index (χ2n) is 7.03. The van der Waals surface area contributed by atoms with E-state index < -0.39 is 55.5 Å². The van der Waals surface area contributed by atoms with Crippen molar-refractivity contribution in [3.05, 3.63) is 61.9 Å². The van der Waals surface area contributed by atoms with Gasteiger partial charge in [-0.1, -0.05) is 18.2 Å². The van der Waals surface area contributed by atoms with Crippen molar-refractivity contribution < 1.29 is 45.0 Å². The summed E-state index contributed by atoms with van der Waals surface area (Å²) in [5.74, 6) is -3.84. The van der Waals surface area contributed by atoms with Crippen LogP contribution in [-0.2, 0) is 25.0 Å². The third-order valence-corrected chi connectivity index (χ3v) is 6.02. The summed E-state index contributed by atoms with van der Waals surface area (Å²) in [4.78, 5) is 36.4. The zero-order valence-electron chi connectivity index (χ0n) is 18.3. The molecule has 3 N–H and O–H groups in total. The number of rotatable bonds is 5. The molecular weight excluding hydrogens is 454 g/mol. The van der Waals surface area contributed by atoms with Gasteiger partial charge in [-0.05, 0) is 12.5 Å². The van der Waals surface area contributed by atoms with Gasteiger partial charge in [-0.15, -0.1) is 0 Å². The monoisotopic (exact) mass is 474 g/mol. The summed E-state index contributed by atoms with van der Waals surface area (Å²) in [6.07, 6.45) is -6.38. The van der Waals surface area contributed by atoms with Crippen LogP contribution >= 0.6 is 7.82 Å². The summed E-state index contributed by atoms with van der Waals surface area (Å²) >= 11 is 0. The minimum Gasteiger partial charge on any atom is -0.403 e. The Kier molecular flexibility index (Phi) is 5.01. The highest BCUT2D eigenvalue weighted by Gasteiger charge is 2.57. The number of nitrogens with one attached hydrogen (secondary N) is 1. The second-order valence-corrected chi connectivity index (χ2v) is 8.54. The third-order valence-electron chi connectivity index (χ3n) is 4.86. The highest BCUT2D eigenvalue weighted by atomic mass is 31.2. The molecule has 0 radical (unpaired) electrons. The number of alkyl halides is 1. The number of H-pyrrole nitrogens is 1. The van der Waals surface area contributed by atoms with Gasteiger partial charge < -0.3 is 19.5 Å². The van der Waals surface area contributed by atoms with Crippen LogP contribution in [0.25, 0.3) is 0 Å². The van der Waals surface area contributed by atoms with E-state index in [9.17, 15) is 29.2 Å². The fourth-order valence-corrected chi connectivity index (χ4v) is 4.34. The Morgan fingerprint density at radius 1 is 1.47 bits per heavy atom. The highest BCUT2D eigenvalue weighted by molar-refractivity contribution is 7.49. The molecule has 2 aliphatic heterocycles. The van der Waals surface area contributed by atoms with Gasteiger partial charge in [-0.2, -0.15) is 0 Å². The number of hydrogen-bond acceptors (Lipinski definition) is 10. The van der Waals surface area contributed by atoms with E-state index in [1.54, 1.807) is 30.1 Å². The molecule has 172 valence electrons. The van der Waals surface area contributed by atoms with Crippen LogP contribution < -0.4 is 15.8 Å². The van der Waals surface area contributed by atoms with Crippen LogP contribution in [0.4, 0.5) is 4.39 Å². The summed E-state index contributed by atoms with van der Waals surface area (Å²) in [6, 6.07) is 4.88. The number of aliphatic hydroxyl groups is 2. The topological polar surface area (TPSA) is 166 Å². The van der Waals surface area contributed by atoms with Crippen molar-refractivity contribution in [2.75, 3.05) is 6.56 Å². The third kappa shape index (κ3) is 3.83. The summed E-state index contributed by atoms with van der Waals surface area (Å²) in [7, 11) is -4.81. The number of aldehydes is 1. The van der Waals surface area contributed by atoms with Crippen LogP contribution in [0.1, 0.15) is 30.5 Å². The number of benzene rings is 1. The molecule has 2 aliphatic rings. The summed E-state index contributed by atoms with van der Waals surface area (Å²) in [6.45, 7) is -2.48. The maximum absolute atomic E-state index is 15.7. The highest BCUT2D eigenvalue weighted by Crippen LogP contribution is 2.56. The van der Waals surface area contributed by atoms with Crippen molar-refractivity contribution in [1.82, 2.24) is 9.55 Å². The van der Waals surface area contributed by atoms with E-state index in [2.05, 4.69) is 0 Å². The summed E-state index contributed by atoms with van der Waals surface area (Å²) in [5.41, 5.74) is -1.94. The first-order chi connectivity index (χ1) is 15.8. The number of halogens is 1. The van der Waals surface area contributed by atoms with Gasteiger partial charge in [-0.25, -0.2) is 13.8 Å². The molecule has 0 saturated carbocycles. The molecule has 1 saturated heterocycles. The predicted molar refractivity (Wildman–Crippen MR) is 103 cm³/mol. The Balaban J connectivity index is 1.65. The van der Waals surface area contributed by atoms with Crippen molar-refractivity contribution in [3.8, 4) is 5.75 Å². The van der Waals surface area contributed by atoms with Crippen LogP contribution in [0.5, 0.6) is 5.75 Å². The van der Waals surface area contributed by atoms with Crippen LogP contribution in [0, 0.1) is 6.92 Å². The minimum absolute atomic E-state index is 0.0703. The summed E-state index contributed by atoms with van der Waals surface area (Å²) < 4.78 is 64.9. The molecule has 4 rings (SSSR count). The lowest BCUT2D eigenvalue weighted by molar-refractivity contribution is -0.205. The van der Waals surface area contributed by atoms with E-state index in [0.717, 1.165) is 0 Å². The van der Waals surface area contributed by atoms with Crippen molar-refractivity contribution in [3.63, 3.8) is 0 Å². The van der Waals surface area contributed by atoms with Gasteiger partial charge in [0.05, 0.1) is 14.9 Å². The Hall–Kier alpha value is -2.67. The van der Waals surface area contributed by atoms with E-state index in [1.807, 2.05) is 0 Å². The SMILES string of the molecule is [2H]C([2H])(OP1(=O)OCc2cccc(C)c2O1)[C@@]1(F)O[C@@H](n2cc(C=O)c(=O)[nH]c2=O)[C@H](O)[C@@H]1O. The quantitative estimate of drug-likeness (QED) is 0.405. The first kappa shape index (κ1) is 20.0. The number of aliphatic hydroxyl groups excluding tert-OH is 2. The summed E-state index contributed by atoms with van der Waals surface area (Å²) in [5, 5.41) is 20.6. The van der Waals surface area contributed by atoms with E-state index >= 15 is 4.39 Å². The Morgan fingerprint density at radius 3 is 2.94 bits per heavy atom. The molecule has 32 heavy (non-hydrogen) atoms. The average Bonchev–Trinajstić information content (AvgIpc) is 2.99. The molecule has 1 fully saturated rings. The number of aromatic amines is 1. The van der Waals surface area contributed by atoms with Gasteiger partial charge in [0.1, 0.15) is 24.5 Å². The fraction of sp³-hybridized carbons (Fsp3) is 0.389. The van der Waals surface area contributed by atoms with Crippen LogP contribution in [0.2, 0.25) is 0 Å². The number of nitrogens with zero attached hydrogens (tertiary/aromatic N) is 1. The number of aromatic nitrogens is 2. The van der Waals surface area contributed by atoms with Gasteiger partial charge in [0, 0.05) is 11.8 Å². The number of hydrogen-bond donors (Lipinski definition) is 3. The van der Waals surface area contributed by atoms with Gasteiger partial charge in [0.25, 0.3) is 11.4 Å².